The number of hydrogen-bond acceptors (Lipinski definition) is 3. The Bertz CT molecular complexity index is 394. The summed E-state index contributed by atoms with van der Waals surface area (Å²) in [5, 5.41) is 3.41. The zero-order chi connectivity index (χ0) is 15.0. The molecule has 0 aliphatic carbocycles. The Morgan fingerprint density at radius 3 is 2.50 bits per heavy atom. The fourth-order valence-corrected chi connectivity index (χ4v) is 2.66. The van der Waals surface area contributed by atoms with Crippen LogP contribution < -0.4 is 10.1 Å². The zero-order valence-corrected chi connectivity index (χ0v) is 14.7. The molecule has 1 N–H and O–H groups in total. The first-order chi connectivity index (χ1) is 9.62. The SMILES string of the molecule is CCNC(C)c1ccc(OCCN(CC)CC)c(Br)c1. The molecule has 4 heteroatoms. The number of nitrogens with one attached hydrogen (secondary N) is 1. The molecule has 1 atom stereocenters. The summed E-state index contributed by atoms with van der Waals surface area (Å²) in [5.41, 5.74) is 1.27. The van der Waals surface area contributed by atoms with E-state index in [0.717, 1.165) is 43.0 Å². The number of ether oxygens (including phenoxy) is 1. The maximum Gasteiger partial charge on any atom is 0.133 e. The largest absolute Gasteiger partial charge is 0.491 e. The number of benzene rings is 1. The van der Waals surface area contributed by atoms with Crippen molar-refractivity contribution in [1.29, 1.82) is 0 Å². The quantitative estimate of drug-likeness (QED) is 0.737. The minimum absolute atomic E-state index is 0.362. The number of hydrogen-bond donors (Lipinski definition) is 1. The normalized spacial score (nSPS) is 12.7. The lowest BCUT2D eigenvalue weighted by Crippen LogP contribution is -2.27. The molecule has 114 valence electrons. The molecule has 3 nitrogen and oxygen atoms in total. The van der Waals surface area contributed by atoms with Gasteiger partial charge >= 0.3 is 0 Å². The second kappa shape index (κ2) is 9.37. The fourth-order valence-electron chi connectivity index (χ4n) is 2.15. The Kier molecular flexibility index (Phi) is 8.19. The molecule has 0 aliphatic rings. The third kappa shape index (κ3) is 5.43. The van der Waals surface area contributed by atoms with Crippen molar-refractivity contribution in [2.24, 2.45) is 0 Å². The molecule has 0 radical (unpaired) electrons. The molecule has 1 aromatic rings. The molecule has 0 saturated heterocycles. The first-order valence-electron chi connectivity index (χ1n) is 7.50. The van der Waals surface area contributed by atoms with Gasteiger partial charge in [-0.3, -0.25) is 0 Å². The minimum Gasteiger partial charge on any atom is -0.491 e. The molecule has 0 saturated carbocycles. The highest BCUT2D eigenvalue weighted by molar-refractivity contribution is 9.10. The van der Waals surface area contributed by atoms with E-state index >= 15 is 0 Å². The van der Waals surface area contributed by atoms with Crippen molar-refractivity contribution in [1.82, 2.24) is 10.2 Å². The molecule has 0 bridgehead atoms. The third-order valence-corrected chi connectivity index (χ3v) is 4.15. The molecule has 0 spiro atoms. The van der Waals surface area contributed by atoms with Crippen LogP contribution in [0.4, 0.5) is 0 Å². The van der Waals surface area contributed by atoms with Crippen LogP contribution in [0.3, 0.4) is 0 Å². The second-order valence-corrected chi connectivity index (χ2v) is 5.70. The summed E-state index contributed by atoms with van der Waals surface area (Å²) in [7, 11) is 0. The van der Waals surface area contributed by atoms with E-state index in [2.05, 4.69) is 72.0 Å². The van der Waals surface area contributed by atoms with Crippen LogP contribution in [0.1, 0.15) is 39.3 Å². The van der Waals surface area contributed by atoms with Crippen molar-refractivity contribution in [2.45, 2.75) is 33.7 Å². The Morgan fingerprint density at radius 2 is 1.95 bits per heavy atom. The molecule has 1 aromatic carbocycles. The lowest BCUT2D eigenvalue weighted by Gasteiger charge is -2.19. The van der Waals surface area contributed by atoms with Gasteiger partial charge in [0, 0.05) is 12.6 Å². The topological polar surface area (TPSA) is 24.5 Å². The van der Waals surface area contributed by atoms with Gasteiger partial charge in [0.1, 0.15) is 12.4 Å². The third-order valence-electron chi connectivity index (χ3n) is 3.53. The maximum atomic E-state index is 5.86. The molecular formula is C16H27BrN2O. The average Bonchev–Trinajstić information content (AvgIpc) is 2.45. The van der Waals surface area contributed by atoms with Crippen molar-refractivity contribution >= 4 is 15.9 Å². The van der Waals surface area contributed by atoms with Crippen LogP contribution in [-0.4, -0.2) is 37.7 Å². The van der Waals surface area contributed by atoms with Crippen molar-refractivity contribution in [3.05, 3.63) is 28.2 Å². The summed E-state index contributed by atoms with van der Waals surface area (Å²) in [4.78, 5) is 2.36. The van der Waals surface area contributed by atoms with E-state index in [9.17, 15) is 0 Å². The summed E-state index contributed by atoms with van der Waals surface area (Å²) in [6.07, 6.45) is 0. The molecule has 0 aliphatic heterocycles. The van der Waals surface area contributed by atoms with E-state index in [1.54, 1.807) is 0 Å². The van der Waals surface area contributed by atoms with Crippen molar-refractivity contribution in [3.8, 4) is 5.75 Å². The van der Waals surface area contributed by atoms with Crippen molar-refractivity contribution < 1.29 is 4.74 Å². The Morgan fingerprint density at radius 1 is 1.25 bits per heavy atom. The summed E-state index contributed by atoms with van der Waals surface area (Å²) in [5.74, 6) is 0.921. The Balaban J connectivity index is 2.55. The standard InChI is InChI=1S/C16H27BrN2O/c1-5-18-13(4)14-8-9-16(15(17)12-14)20-11-10-19(6-2)7-3/h8-9,12-13,18H,5-7,10-11H2,1-4H3. The average molecular weight is 343 g/mol. The number of halogens is 1. The van der Waals surface area contributed by atoms with Crippen LogP contribution in [0.2, 0.25) is 0 Å². The van der Waals surface area contributed by atoms with Crippen molar-refractivity contribution in [2.75, 3.05) is 32.8 Å². The minimum atomic E-state index is 0.362. The summed E-state index contributed by atoms with van der Waals surface area (Å²) in [6.45, 7) is 13.5. The zero-order valence-electron chi connectivity index (χ0n) is 13.1. The predicted octanol–water partition coefficient (Wildman–Crippen LogP) is 3.84. The predicted molar refractivity (Wildman–Crippen MR) is 89.5 cm³/mol. The van der Waals surface area contributed by atoms with Crippen LogP contribution in [0.25, 0.3) is 0 Å². The van der Waals surface area contributed by atoms with Gasteiger partial charge in [-0.15, -0.1) is 0 Å². The Labute approximate surface area is 131 Å². The van der Waals surface area contributed by atoms with Gasteiger partial charge in [0.15, 0.2) is 0 Å². The van der Waals surface area contributed by atoms with Crippen molar-refractivity contribution in [3.63, 3.8) is 0 Å². The highest BCUT2D eigenvalue weighted by atomic mass is 79.9. The van der Waals surface area contributed by atoms with Crippen LogP contribution in [0.15, 0.2) is 22.7 Å². The van der Waals surface area contributed by atoms with E-state index in [1.807, 2.05) is 0 Å². The van der Waals surface area contributed by atoms with E-state index < -0.39 is 0 Å². The van der Waals surface area contributed by atoms with E-state index in [0.29, 0.717) is 6.04 Å². The molecule has 1 rings (SSSR count). The van der Waals surface area contributed by atoms with Crippen LogP contribution in [-0.2, 0) is 0 Å². The van der Waals surface area contributed by atoms with Gasteiger partial charge in [0.25, 0.3) is 0 Å². The highest BCUT2D eigenvalue weighted by Gasteiger charge is 2.08. The van der Waals surface area contributed by atoms with Crippen LogP contribution in [0, 0.1) is 0 Å². The second-order valence-electron chi connectivity index (χ2n) is 4.84. The molecule has 0 heterocycles. The first-order valence-corrected chi connectivity index (χ1v) is 8.29. The smallest absolute Gasteiger partial charge is 0.133 e. The molecule has 0 fully saturated rings. The monoisotopic (exact) mass is 342 g/mol. The van der Waals surface area contributed by atoms with E-state index in [-0.39, 0.29) is 0 Å². The number of nitrogens with zero attached hydrogens (tertiary/aromatic N) is 1. The van der Waals surface area contributed by atoms with E-state index in [1.165, 1.54) is 5.56 Å². The van der Waals surface area contributed by atoms with Gasteiger partial charge in [0.2, 0.25) is 0 Å². The fraction of sp³-hybridized carbons (Fsp3) is 0.625. The van der Waals surface area contributed by atoms with Gasteiger partial charge < -0.3 is 15.0 Å². The van der Waals surface area contributed by atoms with Crippen LogP contribution >= 0.6 is 15.9 Å². The van der Waals surface area contributed by atoms with Gasteiger partial charge in [-0.25, -0.2) is 0 Å². The first kappa shape index (κ1) is 17.5. The molecule has 0 amide bonds. The Hall–Kier alpha value is -0.580. The van der Waals surface area contributed by atoms with E-state index in [4.69, 9.17) is 4.74 Å². The lowest BCUT2D eigenvalue weighted by molar-refractivity contribution is 0.222. The number of rotatable bonds is 9. The summed E-state index contributed by atoms with van der Waals surface area (Å²) in [6, 6.07) is 6.68. The summed E-state index contributed by atoms with van der Waals surface area (Å²) < 4.78 is 6.88. The lowest BCUT2D eigenvalue weighted by atomic mass is 10.1. The van der Waals surface area contributed by atoms with Crippen LogP contribution in [0.5, 0.6) is 5.75 Å². The highest BCUT2D eigenvalue weighted by Crippen LogP contribution is 2.28. The van der Waals surface area contributed by atoms with Gasteiger partial charge in [-0.2, -0.15) is 0 Å². The van der Waals surface area contributed by atoms with Gasteiger partial charge in [-0.1, -0.05) is 26.8 Å². The molecule has 1 unspecified atom stereocenters. The van der Waals surface area contributed by atoms with Gasteiger partial charge in [0.05, 0.1) is 4.47 Å². The maximum absolute atomic E-state index is 5.86. The van der Waals surface area contributed by atoms with Gasteiger partial charge in [-0.05, 0) is 60.2 Å². The molecule has 0 aromatic heterocycles. The number of likely N-dealkylation sites (N-methyl/N-ethyl adjacent to an activating group) is 1. The molecule has 20 heavy (non-hydrogen) atoms. The summed E-state index contributed by atoms with van der Waals surface area (Å²) >= 11 is 3.60. The molecular weight excluding hydrogens is 316 g/mol.